The van der Waals surface area contributed by atoms with Gasteiger partial charge in [-0.15, -0.1) is 11.8 Å². The molecule has 1 aliphatic rings. The van der Waals surface area contributed by atoms with Crippen LogP contribution in [0.25, 0.3) is 6.08 Å². The fourth-order valence-corrected chi connectivity index (χ4v) is 3.67. The number of nitrogens with one attached hydrogen (secondary N) is 2. The first kappa shape index (κ1) is 21.7. The van der Waals surface area contributed by atoms with Crippen molar-refractivity contribution in [1.29, 1.82) is 0 Å². The molecule has 3 amide bonds. The zero-order valence-corrected chi connectivity index (χ0v) is 17.6. The Kier molecular flexibility index (Phi) is 7.73. The Labute approximate surface area is 179 Å². The first-order valence-electron chi connectivity index (χ1n) is 9.79. The number of amides is 3. The minimum atomic E-state index is -0.677. The van der Waals surface area contributed by atoms with E-state index in [2.05, 4.69) is 10.6 Å². The summed E-state index contributed by atoms with van der Waals surface area (Å²) in [7, 11) is 0. The van der Waals surface area contributed by atoms with Gasteiger partial charge in [-0.25, -0.2) is 0 Å². The molecule has 1 aromatic heterocycles. The normalized spacial score (nSPS) is 14.6. The third-order valence-corrected chi connectivity index (χ3v) is 5.67. The number of hydrogen-bond donors (Lipinski definition) is 2. The van der Waals surface area contributed by atoms with Gasteiger partial charge in [0.2, 0.25) is 5.91 Å². The number of anilines is 1. The van der Waals surface area contributed by atoms with Crippen molar-refractivity contribution in [2.75, 3.05) is 31.2 Å². The number of furan rings is 1. The standard InChI is InChI=1S/C22H25N3O4S/c1-30-19-6-2-4-17(14-19)24-22(28)21(27)23-15-16-9-11-25(12-10-16)20(26)8-7-18-5-3-13-29-18/h2-8,13-14,16H,9-12,15H2,1H3,(H,23,27)(H,24,28)/b8-7+. The number of carbonyl (C=O) groups excluding carboxylic acids is 3. The van der Waals surface area contributed by atoms with Gasteiger partial charge in [0.1, 0.15) is 5.76 Å². The number of likely N-dealkylation sites (tertiary alicyclic amines) is 1. The van der Waals surface area contributed by atoms with Gasteiger partial charge in [0.05, 0.1) is 6.26 Å². The Bertz CT molecular complexity index is 903. The van der Waals surface area contributed by atoms with Gasteiger partial charge in [-0.2, -0.15) is 0 Å². The van der Waals surface area contributed by atoms with Crippen molar-refractivity contribution in [3.8, 4) is 0 Å². The average molecular weight is 428 g/mol. The topological polar surface area (TPSA) is 91.7 Å². The van der Waals surface area contributed by atoms with Crippen LogP contribution in [0.2, 0.25) is 0 Å². The van der Waals surface area contributed by atoms with Gasteiger partial charge in [-0.1, -0.05) is 6.07 Å². The molecule has 2 aromatic rings. The summed E-state index contributed by atoms with van der Waals surface area (Å²) < 4.78 is 5.18. The van der Waals surface area contributed by atoms with Crippen molar-refractivity contribution in [1.82, 2.24) is 10.2 Å². The summed E-state index contributed by atoms with van der Waals surface area (Å²) in [5.74, 6) is -0.506. The highest BCUT2D eigenvalue weighted by atomic mass is 32.2. The van der Waals surface area contributed by atoms with Crippen LogP contribution in [0.4, 0.5) is 5.69 Å². The quantitative estimate of drug-likeness (QED) is 0.420. The Balaban J connectivity index is 1.39. The number of carbonyl (C=O) groups is 3. The van der Waals surface area contributed by atoms with E-state index >= 15 is 0 Å². The molecule has 1 saturated heterocycles. The Morgan fingerprint density at radius 3 is 2.67 bits per heavy atom. The van der Waals surface area contributed by atoms with E-state index in [1.807, 2.05) is 24.5 Å². The molecule has 8 heteroatoms. The summed E-state index contributed by atoms with van der Waals surface area (Å²) in [5, 5.41) is 5.32. The molecule has 1 aliphatic heterocycles. The summed E-state index contributed by atoms with van der Waals surface area (Å²) in [6.07, 6.45) is 8.23. The smallest absolute Gasteiger partial charge is 0.313 e. The maximum Gasteiger partial charge on any atom is 0.313 e. The SMILES string of the molecule is CSc1cccc(NC(=O)C(=O)NCC2CCN(C(=O)/C=C/c3ccco3)CC2)c1. The predicted octanol–water partition coefficient (Wildman–Crippen LogP) is 3.01. The molecule has 30 heavy (non-hydrogen) atoms. The number of hydrogen-bond acceptors (Lipinski definition) is 5. The highest BCUT2D eigenvalue weighted by Gasteiger charge is 2.23. The fraction of sp³-hybridized carbons (Fsp3) is 0.318. The van der Waals surface area contributed by atoms with E-state index in [4.69, 9.17) is 4.42 Å². The molecule has 7 nitrogen and oxygen atoms in total. The lowest BCUT2D eigenvalue weighted by Gasteiger charge is -2.31. The fourth-order valence-electron chi connectivity index (χ4n) is 3.21. The van der Waals surface area contributed by atoms with Crippen LogP contribution >= 0.6 is 11.8 Å². The Morgan fingerprint density at radius 2 is 1.97 bits per heavy atom. The van der Waals surface area contributed by atoms with Gasteiger partial charge >= 0.3 is 11.8 Å². The van der Waals surface area contributed by atoms with E-state index in [1.165, 1.54) is 6.08 Å². The van der Waals surface area contributed by atoms with Crippen molar-refractivity contribution >= 4 is 41.2 Å². The number of piperidine rings is 1. The first-order valence-corrected chi connectivity index (χ1v) is 11.0. The maximum absolute atomic E-state index is 12.2. The Morgan fingerprint density at radius 1 is 1.17 bits per heavy atom. The van der Waals surface area contributed by atoms with Gasteiger partial charge in [0.25, 0.3) is 0 Å². The van der Waals surface area contributed by atoms with Crippen molar-refractivity contribution in [3.05, 3.63) is 54.5 Å². The van der Waals surface area contributed by atoms with Crippen LogP contribution in [0.15, 0.2) is 58.1 Å². The zero-order chi connectivity index (χ0) is 21.3. The lowest BCUT2D eigenvalue weighted by atomic mass is 9.96. The number of thioether (sulfide) groups is 1. The molecule has 0 spiro atoms. The molecule has 0 radical (unpaired) electrons. The molecule has 0 unspecified atom stereocenters. The highest BCUT2D eigenvalue weighted by Crippen LogP contribution is 2.19. The van der Waals surface area contributed by atoms with Gasteiger partial charge < -0.3 is 20.0 Å². The molecule has 0 bridgehead atoms. The van der Waals surface area contributed by atoms with Crippen LogP contribution in [0, 0.1) is 5.92 Å². The predicted molar refractivity (Wildman–Crippen MR) is 117 cm³/mol. The average Bonchev–Trinajstić information content (AvgIpc) is 3.30. The van der Waals surface area contributed by atoms with E-state index in [-0.39, 0.29) is 11.8 Å². The van der Waals surface area contributed by atoms with E-state index in [0.29, 0.717) is 31.1 Å². The largest absolute Gasteiger partial charge is 0.465 e. The van der Waals surface area contributed by atoms with E-state index in [9.17, 15) is 14.4 Å². The van der Waals surface area contributed by atoms with Gasteiger partial charge in [0, 0.05) is 36.3 Å². The lowest BCUT2D eigenvalue weighted by molar-refractivity contribution is -0.136. The van der Waals surface area contributed by atoms with Crippen LogP contribution in [0.1, 0.15) is 18.6 Å². The molecule has 1 aromatic carbocycles. The molecule has 0 aliphatic carbocycles. The summed E-state index contributed by atoms with van der Waals surface area (Å²) in [6.45, 7) is 1.66. The summed E-state index contributed by atoms with van der Waals surface area (Å²) in [4.78, 5) is 39.2. The summed E-state index contributed by atoms with van der Waals surface area (Å²) >= 11 is 1.56. The first-order chi connectivity index (χ1) is 14.5. The minimum absolute atomic E-state index is 0.0549. The molecular weight excluding hydrogens is 402 g/mol. The van der Waals surface area contributed by atoms with Crippen molar-refractivity contribution in [2.24, 2.45) is 5.92 Å². The zero-order valence-electron chi connectivity index (χ0n) is 16.8. The third-order valence-electron chi connectivity index (χ3n) is 4.94. The molecule has 3 rings (SSSR count). The second-order valence-electron chi connectivity index (χ2n) is 7.01. The van der Waals surface area contributed by atoms with E-state index in [0.717, 1.165) is 17.7 Å². The van der Waals surface area contributed by atoms with Crippen LogP contribution in [-0.4, -0.2) is 48.5 Å². The Hall–Kier alpha value is -3.00. The summed E-state index contributed by atoms with van der Waals surface area (Å²) in [5.41, 5.74) is 0.594. The van der Waals surface area contributed by atoms with Gasteiger partial charge in [-0.3, -0.25) is 14.4 Å². The van der Waals surface area contributed by atoms with Crippen LogP contribution in [0.5, 0.6) is 0 Å². The number of benzene rings is 1. The molecule has 158 valence electrons. The molecular formula is C22H25N3O4S. The van der Waals surface area contributed by atoms with Crippen molar-refractivity contribution in [2.45, 2.75) is 17.7 Å². The van der Waals surface area contributed by atoms with Gasteiger partial charge in [0.15, 0.2) is 0 Å². The molecule has 1 fully saturated rings. The van der Waals surface area contributed by atoms with Crippen molar-refractivity contribution in [3.63, 3.8) is 0 Å². The lowest BCUT2D eigenvalue weighted by Crippen LogP contribution is -2.43. The van der Waals surface area contributed by atoms with E-state index < -0.39 is 11.8 Å². The second-order valence-corrected chi connectivity index (χ2v) is 7.89. The second kappa shape index (κ2) is 10.7. The monoisotopic (exact) mass is 427 g/mol. The molecule has 0 atom stereocenters. The van der Waals surface area contributed by atoms with Crippen LogP contribution in [-0.2, 0) is 14.4 Å². The van der Waals surface area contributed by atoms with Gasteiger partial charge in [-0.05, 0) is 61.4 Å². The third kappa shape index (κ3) is 6.25. The number of nitrogens with zero attached hydrogens (tertiary/aromatic N) is 1. The summed E-state index contributed by atoms with van der Waals surface area (Å²) in [6, 6.07) is 10.9. The number of rotatable bonds is 6. The van der Waals surface area contributed by atoms with E-state index in [1.54, 1.807) is 47.2 Å². The van der Waals surface area contributed by atoms with Crippen LogP contribution in [0.3, 0.4) is 0 Å². The van der Waals surface area contributed by atoms with Crippen molar-refractivity contribution < 1.29 is 18.8 Å². The minimum Gasteiger partial charge on any atom is -0.465 e. The highest BCUT2D eigenvalue weighted by molar-refractivity contribution is 7.98. The molecule has 0 saturated carbocycles. The maximum atomic E-state index is 12.2. The molecule has 2 heterocycles. The van der Waals surface area contributed by atoms with Crippen LogP contribution < -0.4 is 10.6 Å². The molecule has 2 N–H and O–H groups in total.